The lowest BCUT2D eigenvalue weighted by Gasteiger charge is -2.30. The van der Waals surface area contributed by atoms with Crippen molar-refractivity contribution in [2.45, 2.75) is 24.8 Å². The Morgan fingerprint density at radius 1 is 0.833 bits per heavy atom. The third kappa shape index (κ3) is 3.49. The quantitative estimate of drug-likeness (QED) is 0.457. The summed E-state index contributed by atoms with van der Waals surface area (Å²) in [5.74, 6) is 0.283. The van der Waals surface area contributed by atoms with Gasteiger partial charge in [-0.1, -0.05) is 71.7 Å². The largest absolute Gasteiger partial charge is 0.372 e. The number of carbonyl (C=O) groups is 1. The van der Waals surface area contributed by atoms with Crippen LogP contribution in [-0.4, -0.2) is 5.78 Å². The number of fused-ring (bicyclic) bond motifs is 1. The predicted octanol–water partition coefficient (Wildman–Crippen LogP) is 6.97. The second-order valence-corrected chi connectivity index (χ2v) is 8.59. The number of hydrogen-bond donors (Lipinski definition) is 2. The maximum Gasteiger partial charge on any atom is 0.163 e. The maximum absolute atomic E-state index is 13.5. The number of Topliss-reactive ketones (excluding diaryl/α,β-unsaturated/α-hetero) is 1. The van der Waals surface area contributed by atoms with E-state index in [1.54, 1.807) is 6.07 Å². The van der Waals surface area contributed by atoms with Gasteiger partial charge >= 0.3 is 0 Å². The minimum absolute atomic E-state index is 0.133. The standard InChI is InChI=1S/C25H20Cl2N2O/c26-17-10-11-18(19(27)14-17)25-24-22(28-20-8-4-5-9-21(20)29-25)12-16(13-23(24)30)15-6-2-1-3-7-15/h1-11,14,16,25,28-29H,12-13H2/t16-,25-/m1/s1. The first-order chi connectivity index (χ1) is 14.6. The molecule has 30 heavy (non-hydrogen) atoms. The van der Waals surface area contributed by atoms with Crippen molar-refractivity contribution >= 4 is 40.4 Å². The highest BCUT2D eigenvalue weighted by atomic mass is 35.5. The summed E-state index contributed by atoms with van der Waals surface area (Å²) in [6.07, 6.45) is 1.24. The number of carbonyl (C=O) groups excluding carboxylic acids is 1. The number of hydrogen-bond acceptors (Lipinski definition) is 3. The second-order valence-electron chi connectivity index (χ2n) is 7.75. The molecule has 0 amide bonds. The molecule has 5 rings (SSSR count). The Bertz CT molecular complexity index is 1160. The molecule has 150 valence electrons. The molecule has 3 aromatic rings. The molecule has 3 aromatic carbocycles. The smallest absolute Gasteiger partial charge is 0.163 e. The van der Waals surface area contributed by atoms with E-state index < -0.39 is 0 Å². The molecule has 2 N–H and O–H groups in total. The van der Waals surface area contributed by atoms with Gasteiger partial charge in [0.1, 0.15) is 0 Å². The summed E-state index contributed by atoms with van der Waals surface area (Å²) in [6.45, 7) is 0. The summed E-state index contributed by atoms with van der Waals surface area (Å²) in [6, 6.07) is 23.3. The van der Waals surface area contributed by atoms with Gasteiger partial charge in [-0.2, -0.15) is 0 Å². The molecular formula is C25H20Cl2N2O. The van der Waals surface area contributed by atoms with Crippen molar-refractivity contribution in [1.82, 2.24) is 0 Å². The molecular weight excluding hydrogens is 415 g/mol. The predicted molar refractivity (Wildman–Crippen MR) is 123 cm³/mol. The number of allylic oxidation sites excluding steroid dienone is 1. The summed E-state index contributed by atoms with van der Waals surface area (Å²) in [7, 11) is 0. The zero-order chi connectivity index (χ0) is 20.7. The molecule has 0 unspecified atom stereocenters. The fourth-order valence-electron chi connectivity index (χ4n) is 4.42. The van der Waals surface area contributed by atoms with Crippen molar-refractivity contribution in [3.63, 3.8) is 0 Å². The molecule has 0 spiro atoms. The van der Waals surface area contributed by atoms with Gasteiger partial charge in [-0.25, -0.2) is 0 Å². The van der Waals surface area contributed by atoms with Gasteiger partial charge in [0.2, 0.25) is 0 Å². The van der Waals surface area contributed by atoms with Crippen LogP contribution in [0.5, 0.6) is 0 Å². The fraction of sp³-hybridized carbons (Fsp3) is 0.160. The Labute approximate surface area is 185 Å². The summed E-state index contributed by atoms with van der Waals surface area (Å²) in [4.78, 5) is 13.5. The first kappa shape index (κ1) is 19.2. The van der Waals surface area contributed by atoms with Crippen molar-refractivity contribution in [2.24, 2.45) is 0 Å². The highest BCUT2D eigenvalue weighted by Crippen LogP contribution is 2.45. The Kier molecular flexibility index (Phi) is 5.01. The van der Waals surface area contributed by atoms with Gasteiger partial charge < -0.3 is 10.6 Å². The monoisotopic (exact) mass is 434 g/mol. The van der Waals surface area contributed by atoms with Crippen LogP contribution in [0.1, 0.15) is 35.9 Å². The van der Waals surface area contributed by atoms with Gasteiger partial charge in [0.05, 0.1) is 17.4 Å². The Hall–Kier alpha value is -2.75. The lowest BCUT2D eigenvalue weighted by Crippen LogP contribution is -2.27. The van der Waals surface area contributed by atoms with Crippen LogP contribution in [0.4, 0.5) is 11.4 Å². The van der Waals surface area contributed by atoms with Crippen LogP contribution in [0.2, 0.25) is 10.0 Å². The van der Waals surface area contributed by atoms with E-state index in [4.69, 9.17) is 23.2 Å². The van der Waals surface area contributed by atoms with Gasteiger partial charge in [-0.15, -0.1) is 0 Å². The van der Waals surface area contributed by atoms with E-state index in [9.17, 15) is 4.79 Å². The van der Waals surface area contributed by atoms with Crippen LogP contribution < -0.4 is 10.6 Å². The zero-order valence-electron chi connectivity index (χ0n) is 16.2. The molecule has 1 heterocycles. The van der Waals surface area contributed by atoms with Gasteiger partial charge in [0.15, 0.2) is 5.78 Å². The van der Waals surface area contributed by atoms with Crippen LogP contribution in [0.15, 0.2) is 84.1 Å². The van der Waals surface area contributed by atoms with Crippen LogP contribution in [0.3, 0.4) is 0 Å². The van der Waals surface area contributed by atoms with E-state index >= 15 is 0 Å². The molecule has 5 heteroatoms. The third-order valence-electron chi connectivity index (χ3n) is 5.85. The van der Waals surface area contributed by atoms with E-state index in [-0.39, 0.29) is 17.7 Å². The average Bonchev–Trinajstić information content (AvgIpc) is 2.91. The highest BCUT2D eigenvalue weighted by molar-refractivity contribution is 6.35. The number of para-hydroxylation sites is 2. The molecule has 0 radical (unpaired) electrons. The molecule has 1 aliphatic carbocycles. The Balaban J connectivity index is 1.64. The maximum atomic E-state index is 13.5. The number of anilines is 2. The topological polar surface area (TPSA) is 41.1 Å². The average molecular weight is 435 g/mol. The molecule has 2 atom stereocenters. The number of nitrogens with one attached hydrogen (secondary N) is 2. The Morgan fingerprint density at radius 2 is 1.57 bits per heavy atom. The number of benzene rings is 3. The van der Waals surface area contributed by atoms with Crippen LogP contribution in [0, 0.1) is 0 Å². The normalized spacial score (nSPS) is 20.5. The summed E-state index contributed by atoms with van der Waals surface area (Å²) in [5, 5.41) is 8.22. The van der Waals surface area contributed by atoms with E-state index in [2.05, 4.69) is 22.8 Å². The molecule has 0 aromatic heterocycles. The van der Waals surface area contributed by atoms with Gasteiger partial charge in [0.25, 0.3) is 0 Å². The molecule has 0 fully saturated rings. The minimum atomic E-state index is -0.342. The van der Waals surface area contributed by atoms with Gasteiger partial charge in [-0.3, -0.25) is 4.79 Å². The summed E-state index contributed by atoms with van der Waals surface area (Å²) >= 11 is 12.7. The van der Waals surface area contributed by atoms with Crippen LogP contribution in [0.25, 0.3) is 0 Å². The first-order valence-electron chi connectivity index (χ1n) is 9.99. The zero-order valence-corrected chi connectivity index (χ0v) is 17.7. The van der Waals surface area contributed by atoms with E-state index in [0.717, 1.165) is 34.6 Å². The number of halogens is 2. The van der Waals surface area contributed by atoms with Crippen molar-refractivity contribution in [3.8, 4) is 0 Å². The van der Waals surface area contributed by atoms with Gasteiger partial charge in [0, 0.05) is 27.7 Å². The molecule has 1 aliphatic heterocycles. The SMILES string of the molecule is O=C1C[C@H](c2ccccc2)CC2=C1[C@@H](c1ccc(Cl)cc1Cl)Nc1ccccc1N2. The lowest BCUT2D eigenvalue weighted by atomic mass is 9.78. The first-order valence-corrected chi connectivity index (χ1v) is 10.7. The minimum Gasteiger partial charge on any atom is -0.372 e. The van der Waals surface area contributed by atoms with E-state index in [1.165, 1.54) is 5.56 Å². The second kappa shape index (κ2) is 7.82. The van der Waals surface area contributed by atoms with Crippen molar-refractivity contribution < 1.29 is 4.79 Å². The lowest BCUT2D eigenvalue weighted by molar-refractivity contribution is -0.116. The van der Waals surface area contributed by atoms with Crippen LogP contribution >= 0.6 is 23.2 Å². The molecule has 0 saturated heterocycles. The van der Waals surface area contributed by atoms with E-state index in [1.807, 2.05) is 54.6 Å². The van der Waals surface area contributed by atoms with Crippen LogP contribution in [-0.2, 0) is 4.79 Å². The van der Waals surface area contributed by atoms with Crippen molar-refractivity contribution in [2.75, 3.05) is 10.6 Å². The van der Waals surface area contributed by atoms with Crippen molar-refractivity contribution in [3.05, 3.63) is 105 Å². The van der Waals surface area contributed by atoms with E-state index in [0.29, 0.717) is 16.5 Å². The fourth-order valence-corrected chi connectivity index (χ4v) is 4.94. The highest BCUT2D eigenvalue weighted by Gasteiger charge is 2.36. The summed E-state index contributed by atoms with van der Waals surface area (Å²) in [5.41, 5.74) is 5.63. The third-order valence-corrected chi connectivity index (χ3v) is 6.42. The molecule has 0 bridgehead atoms. The number of ketones is 1. The molecule has 2 aliphatic rings. The number of rotatable bonds is 2. The molecule has 3 nitrogen and oxygen atoms in total. The van der Waals surface area contributed by atoms with Crippen molar-refractivity contribution in [1.29, 1.82) is 0 Å². The summed E-state index contributed by atoms with van der Waals surface area (Å²) < 4.78 is 0. The Morgan fingerprint density at radius 3 is 2.33 bits per heavy atom. The molecule has 0 saturated carbocycles. The van der Waals surface area contributed by atoms with Gasteiger partial charge in [-0.05, 0) is 47.7 Å².